The second kappa shape index (κ2) is 5.95. The number of hydrogen-bond acceptors (Lipinski definition) is 3. The van der Waals surface area contributed by atoms with Crippen LogP contribution in [0.3, 0.4) is 0 Å². The number of rotatable bonds is 5. The molecule has 0 saturated heterocycles. The van der Waals surface area contributed by atoms with Crippen LogP contribution in [0.15, 0.2) is 0 Å². The lowest BCUT2D eigenvalue weighted by molar-refractivity contribution is -0.141. The van der Waals surface area contributed by atoms with Crippen molar-refractivity contribution in [1.29, 1.82) is 0 Å². The zero-order valence-electron chi connectivity index (χ0n) is 8.16. The Morgan fingerprint density at radius 2 is 1.79 bits per heavy atom. The molecule has 80 valence electrons. The minimum Gasteiger partial charge on any atom is -0.481 e. The number of carbonyl (C=O) groups is 3. The molecule has 14 heavy (non-hydrogen) atoms. The Hall–Kier alpha value is -1.59. The average Bonchev–Trinajstić information content (AvgIpc) is 1.98. The van der Waals surface area contributed by atoms with Gasteiger partial charge in [0.15, 0.2) is 0 Å². The molecule has 0 spiro atoms. The highest BCUT2D eigenvalue weighted by Gasteiger charge is 2.09. The Bertz CT molecular complexity index is 237. The van der Waals surface area contributed by atoms with Crippen molar-refractivity contribution >= 4 is 17.8 Å². The first-order valence-corrected chi connectivity index (χ1v) is 4.19. The number of amides is 2. The number of carboxylic acid groups (broad SMARTS) is 1. The summed E-state index contributed by atoms with van der Waals surface area (Å²) in [5.41, 5.74) is 0. The molecule has 0 saturated carbocycles. The molecule has 0 aromatic heterocycles. The van der Waals surface area contributed by atoms with Crippen molar-refractivity contribution in [2.24, 2.45) is 0 Å². The van der Waals surface area contributed by atoms with E-state index in [-0.39, 0.29) is 18.5 Å². The maximum absolute atomic E-state index is 11.0. The second-order valence-corrected chi connectivity index (χ2v) is 3.07. The topological polar surface area (TPSA) is 95.5 Å². The van der Waals surface area contributed by atoms with Gasteiger partial charge in [-0.3, -0.25) is 14.4 Å². The van der Waals surface area contributed by atoms with Crippen LogP contribution in [0, 0.1) is 0 Å². The normalized spacial score (nSPS) is 9.64. The first-order valence-electron chi connectivity index (χ1n) is 4.19. The van der Waals surface area contributed by atoms with Crippen LogP contribution in [0.5, 0.6) is 0 Å². The van der Waals surface area contributed by atoms with E-state index in [1.165, 1.54) is 0 Å². The smallest absolute Gasteiger partial charge is 0.312 e. The summed E-state index contributed by atoms with van der Waals surface area (Å²) in [7, 11) is 0. The minimum atomic E-state index is -1.22. The molecule has 0 aliphatic heterocycles. The maximum Gasteiger partial charge on any atom is 0.312 e. The van der Waals surface area contributed by atoms with E-state index in [1.54, 1.807) is 13.8 Å². The summed E-state index contributed by atoms with van der Waals surface area (Å²) < 4.78 is 0. The highest BCUT2D eigenvalue weighted by molar-refractivity contribution is 5.95. The van der Waals surface area contributed by atoms with Gasteiger partial charge in [-0.25, -0.2) is 0 Å². The molecule has 0 rings (SSSR count). The Kier molecular flexibility index (Phi) is 5.28. The van der Waals surface area contributed by atoms with E-state index >= 15 is 0 Å². The highest BCUT2D eigenvalue weighted by atomic mass is 16.4. The van der Waals surface area contributed by atoms with Crippen LogP contribution >= 0.6 is 0 Å². The number of carbonyl (C=O) groups excluding carboxylic acids is 2. The van der Waals surface area contributed by atoms with Crippen LogP contribution in [0.4, 0.5) is 0 Å². The van der Waals surface area contributed by atoms with E-state index in [4.69, 9.17) is 5.11 Å². The Morgan fingerprint density at radius 3 is 2.21 bits per heavy atom. The lowest BCUT2D eigenvalue weighted by Crippen LogP contribution is -2.40. The van der Waals surface area contributed by atoms with Gasteiger partial charge in [-0.15, -0.1) is 0 Å². The van der Waals surface area contributed by atoms with E-state index in [0.29, 0.717) is 0 Å². The van der Waals surface area contributed by atoms with Gasteiger partial charge < -0.3 is 15.7 Å². The molecular weight excluding hydrogens is 188 g/mol. The van der Waals surface area contributed by atoms with Gasteiger partial charge in [-0.05, 0) is 13.8 Å². The molecule has 0 atom stereocenters. The Labute approximate surface area is 81.7 Å². The third-order valence-corrected chi connectivity index (χ3v) is 1.21. The van der Waals surface area contributed by atoms with Crippen LogP contribution in [0.25, 0.3) is 0 Å². The summed E-state index contributed by atoms with van der Waals surface area (Å²) >= 11 is 0. The molecule has 3 N–H and O–H groups in total. The van der Waals surface area contributed by atoms with Gasteiger partial charge in [0.25, 0.3) is 0 Å². The van der Waals surface area contributed by atoms with Crippen molar-refractivity contribution in [3.8, 4) is 0 Å². The second-order valence-electron chi connectivity index (χ2n) is 3.07. The molecule has 0 heterocycles. The quantitative estimate of drug-likeness (QED) is 0.503. The third-order valence-electron chi connectivity index (χ3n) is 1.21. The highest BCUT2D eigenvalue weighted by Crippen LogP contribution is 1.80. The molecule has 6 nitrogen and oxygen atoms in total. The van der Waals surface area contributed by atoms with Crippen molar-refractivity contribution in [3.05, 3.63) is 0 Å². The molecule has 0 aliphatic rings. The Balaban J connectivity index is 3.67. The fourth-order valence-electron chi connectivity index (χ4n) is 0.752. The molecule has 0 unspecified atom stereocenters. The first-order chi connectivity index (χ1) is 6.41. The average molecular weight is 202 g/mol. The summed E-state index contributed by atoms with van der Waals surface area (Å²) in [6, 6.07) is -0.00104. The Morgan fingerprint density at radius 1 is 1.21 bits per heavy atom. The predicted octanol–water partition coefficient (Wildman–Crippen LogP) is -0.898. The zero-order valence-corrected chi connectivity index (χ0v) is 8.16. The van der Waals surface area contributed by atoms with Crippen LogP contribution in [0.2, 0.25) is 0 Å². The SMILES string of the molecule is CC(C)NC(=O)CNC(=O)CC(=O)O. The van der Waals surface area contributed by atoms with Crippen molar-refractivity contribution < 1.29 is 19.5 Å². The largest absolute Gasteiger partial charge is 0.481 e. The monoisotopic (exact) mass is 202 g/mol. The number of hydrogen-bond donors (Lipinski definition) is 3. The third kappa shape index (κ3) is 7.08. The lowest BCUT2D eigenvalue weighted by Gasteiger charge is -2.08. The van der Waals surface area contributed by atoms with Crippen LogP contribution in [0.1, 0.15) is 20.3 Å². The number of nitrogens with one attached hydrogen (secondary N) is 2. The van der Waals surface area contributed by atoms with Crippen LogP contribution in [-0.2, 0) is 14.4 Å². The number of carboxylic acids is 1. The molecule has 6 heteroatoms. The van der Waals surface area contributed by atoms with Crippen LogP contribution in [-0.4, -0.2) is 35.5 Å². The van der Waals surface area contributed by atoms with Gasteiger partial charge in [-0.2, -0.15) is 0 Å². The van der Waals surface area contributed by atoms with Crippen molar-refractivity contribution in [2.75, 3.05) is 6.54 Å². The van der Waals surface area contributed by atoms with Gasteiger partial charge >= 0.3 is 5.97 Å². The van der Waals surface area contributed by atoms with Gasteiger partial charge in [0.05, 0.1) is 6.54 Å². The van der Waals surface area contributed by atoms with E-state index in [1.807, 2.05) is 0 Å². The van der Waals surface area contributed by atoms with Crippen molar-refractivity contribution in [1.82, 2.24) is 10.6 Å². The summed E-state index contributed by atoms with van der Waals surface area (Å²) in [5, 5.41) is 13.0. The summed E-state index contributed by atoms with van der Waals surface area (Å²) in [5.74, 6) is -2.22. The molecule has 0 aromatic carbocycles. The fourth-order valence-corrected chi connectivity index (χ4v) is 0.752. The van der Waals surface area contributed by atoms with Gasteiger partial charge in [0, 0.05) is 6.04 Å². The van der Waals surface area contributed by atoms with Crippen molar-refractivity contribution in [3.63, 3.8) is 0 Å². The van der Waals surface area contributed by atoms with E-state index in [0.717, 1.165) is 0 Å². The van der Waals surface area contributed by atoms with Gasteiger partial charge in [-0.1, -0.05) is 0 Å². The summed E-state index contributed by atoms with van der Waals surface area (Å²) in [6.45, 7) is 3.39. The van der Waals surface area contributed by atoms with Crippen LogP contribution < -0.4 is 10.6 Å². The van der Waals surface area contributed by atoms with Crippen molar-refractivity contribution in [2.45, 2.75) is 26.3 Å². The van der Waals surface area contributed by atoms with Gasteiger partial charge in [0.1, 0.15) is 6.42 Å². The predicted molar refractivity (Wildman–Crippen MR) is 48.5 cm³/mol. The standard InChI is InChI=1S/C8H14N2O4/c1-5(2)10-7(12)4-9-6(11)3-8(13)14/h5H,3-4H2,1-2H3,(H,9,11)(H,10,12)(H,13,14). The molecule has 0 bridgehead atoms. The van der Waals surface area contributed by atoms with E-state index in [2.05, 4.69) is 10.6 Å². The molecular formula is C8H14N2O4. The van der Waals surface area contributed by atoms with E-state index in [9.17, 15) is 14.4 Å². The first kappa shape index (κ1) is 12.4. The molecule has 2 amide bonds. The van der Waals surface area contributed by atoms with Gasteiger partial charge in [0.2, 0.25) is 11.8 Å². The zero-order chi connectivity index (χ0) is 11.1. The number of aliphatic carboxylic acids is 1. The maximum atomic E-state index is 11.0. The molecule has 0 aromatic rings. The lowest BCUT2D eigenvalue weighted by atomic mass is 10.3. The molecule has 0 radical (unpaired) electrons. The molecule has 0 fully saturated rings. The minimum absolute atomic E-state index is 0.00104. The summed E-state index contributed by atoms with van der Waals surface area (Å²) in [4.78, 5) is 31.8. The summed E-state index contributed by atoms with van der Waals surface area (Å²) in [6.07, 6.45) is -0.616. The van der Waals surface area contributed by atoms with E-state index < -0.39 is 18.3 Å². The molecule has 0 aliphatic carbocycles. The fraction of sp³-hybridized carbons (Fsp3) is 0.625.